The molecular formula is C21H22N2O4. The molecule has 1 aliphatic rings. The Bertz CT molecular complexity index is 846. The van der Waals surface area contributed by atoms with Crippen molar-refractivity contribution in [1.82, 2.24) is 0 Å². The summed E-state index contributed by atoms with van der Waals surface area (Å²) < 4.78 is 10.3. The number of carbonyl (C=O) groups is 2. The van der Waals surface area contributed by atoms with E-state index in [1.165, 1.54) is 7.11 Å². The van der Waals surface area contributed by atoms with Crippen LogP contribution in [0.25, 0.3) is 0 Å². The van der Waals surface area contributed by atoms with Gasteiger partial charge >= 0.3 is 0 Å². The molecule has 6 nitrogen and oxygen atoms in total. The number of benzene rings is 2. The largest absolute Gasteiger partial charge is 0.490 e. The molecule has 0 aromatic heterocycles. The van der Waals surface area contributed by atoms with Crippen LogP contribution in [0.4, 0.5) is 11.4 Å². The third-order valence-corrected chi connectivity index (χ3v) is 4.30. The minimum absolute atomic E-state index is 0.0215. The number of hydrogen-bond donors (Lipinski definition) is 2. The Morgan fingerprint density at radius 3 is 2.78 bits per heavy atom. The number of rotatable bonds is 7. The first kappa shape index (κ1) is 18.7. The molecule has 0 fully saturated rings. The van der Waals surface area contributed by atoms with Gasteiger partial charge in [0.1, 0.15) is 19.0 Å². The smallest absolute Gasteiger partial charge is 0.250 e. The Balaban J connectivity index is 1.84. The molecule has 1 atom stereocenters. The van der Waals surface area contributed by atoms with Crippen molar-refractivity contribution in [2.45, 2.75) is 12.3 Å². The van der Waals surface area contributed by atoms with Crippen LogP contribution in [0.3, 0.4) is 0 Å². The minimum Gasteiger partial charge on any atom is -0.490 e. The van der Waals surface area contributed by atoms with Crippen molar-refractivity contribution in [3.63, 3.8) is 0 Å². The van der Waals surface area contributed by atoms with Crippen molar-refractivity contribution >= 4 is 23.2 Å². The van der Waals surface area contributed by atoms with Crippen molar-refractivity contribution in [3.8, 4) is 5.75 Å². The van der Waals surface area contributed by atoms with E-state index in [1.807, 2.05) is 36.4 Å². The quantitative estimate of drug-likeness (QED) is 0.737. The van der Waals surface area contributed by atoms with Gasteiger partial charge < -0.3 is 20.1 Å². The summed E-state index contributed by atoms with van der Waals surface area (Å²) in [5.41, 5.74) is 3.37. The summed E-state index contributed by atoms with van der Waals surface area (Å²) >= 11 is 0. The van der Waals surface area contributed by atoms with Crippen LogP contribution in [-0.2, 0) is 14.3 Å². The summed E-state index contributed by atoms with van der Waals surface area (Å²) in [4.78, 5) is 23.9. The summed E-state index contributed by atoms with van der Waals surface area (Å²) in [5, 5.41) is 5.64. The van der Waals surface area contributed by atoms with Crippen molar-refractivity contribution in [3.05, 3.63) is 66.2 Å². The van der Waals surface area contributed by atoms with Crippen molar-refractivity contribution in [2.24, 2.45) is 0 Å². The van der Waals surface area contributed by atoms with Gasteiger partial charge in [0.05, 0.1) is 0 Å². The fraction of sp³-hybridized carbons (Fsp3) is 0.238. The summed E-state index contributed by atoms with van der Waals surface area (Å²) in [6.07, 6.45) is 2.06. The molecule has 0 saturated heterocycles. The molecule has 2 amide bonds. The zero-order valence-corrected chi connectivity index (χ0v) is 15.2. The van der Waals surface area contributed by atoms with Crippen LogP contribution in [0.5, 0.6) is 5.75 Å². The maximum atomic E-state index is 12.2. The number of nitrogens with one attached hydrogen (secondary N) is 2. The lowest BCUT2D eigenvalue weighted by molar-refractivity contribution is -0.119. The second kappa shape index (κ2) is 8.51. The van der Waals surface area contributed by atoms with Gasteiger partial charge in [-0.25, -0.2) is 0 Å². The number of ether oxygens (including phenoxy) is 2. The van der Waals surface area contributed by atoms with Gasteiger partial charge in [0.15, 0.2) is 0 Å². The van der Waals surface area contributed by atoms with E-state index in [4.69, 9.17) is 9.47 Å². The molecule has 1 heterocycles. The van der Waals surface area contributed by atoms with E-state index >= 15 is 0 Å². The van der Waals surface area contributed by atoms with Gasteiger partial charge in [-0.2, -0.15) is 0 Å². The monoisotopic (exact) mass is 366 g/mol. The van der Waals surface area contributed by atoms with Gasteiger partial charge in [-0.1, -0.05) is 30.9 Å². The third kappa shape index (κ3) is 4.54. The second-order valence-electron chi connectivity index (χ2n) is 6.26. The first-order valence-electron chi connectivity index (χ1n) is 8.67. The van der Waals surface area contributed by atoms with Crippen LogP contribution < -0.4 is 15.4 Å². The van der Waals surface area contributed by atoms with Crippen LogP contribution in [-0.4, -0.2) is 32.1 Å². The predicted molar refractivity (Wildman–Crippen MR) is 104 cm³/mol. The number of anilines is 2. The van der Waals surface area contributed by atoms with Crippen molar-refractivity contribution in [1.29, 1.82) is 0 Å². The first-order chi connectivity index (χ1) is 13.1. The fourth-order valence-electron chi connectivity index (χ4n) is 3.12. The lowest BCUT2D eigenvalue weighted by Crippen LogP contribution is -2.24. The molecule has 3 rings (SSSR count). The van der Waals surface area contributed by atoms with E-state index in [9.17, 15) is 9.59 Å². The van der Waals surface area contributed by atoms with Crippen molar-refractivity contribution in [2.75, 3.05) is 31.0 Å². The van der Waals surface area contributed by atoms with Crippen LogP contribution in [0.2, 0.25) is 0 Å². The summed E-state index contributed by atoms with van der Waals surface area (Å²) in [6, 6.07) is 13.3. The molecule has 1 aliphatic heterocycles. The van der Waals surface area contributed by atoms with Crippen LogP contribution in [0, 0.1) is 0 Å². The Morgan fingerprint density at radius 1 is 1.30 bits per heavy atom. The number of carbonyl (C=O) groups excluding carboxylic acids is 2. The molecule has 0 spiro atoms. The molecule has 0 saturated carbocycles. The first-order valence-corrected chi connectivity index (χ1v) is 8.67. The van der Waals surface area contributed by atoms with E-state index in [0.29, 0.717) is 24.4 Å². The Hall–Kier alpha value is -3.12. The normalized spacial score (nSPS) is 15.4. The van der Waals surface area contributed by atoms with E-state index in [1.54, 1.807) is 12.1 Å². The second-order valence-corrected chi connectivity index (χ2v) is 6.26. The standard InChI is InChI=1S/C21H22N2O4/c1-3-10-27-16-7-4-14(5-8-16)18-12-20(24)23-19-11-15(6-9-17(18)19)22-21(25)13-26-2/h3-9,11,18H,1,10,12-13H2,2H3,(H,22,25)(H,23,24)/t18-/m1/s1. The van der Waals surface area contributed by atoms with Crippen LogP contribution in [0.1, 0.15) is 23.5 Å². The van der Waals surface area contributed by atoms with Gasteiger partial charge in [0.25, 0.3) is 0 Å². The number of amides is 2. The molecular weight excluding hydrogens is 344 g/mol. The summed E-state index contributed by atoms with van der Waals surface area (Å²) in [6.45, 7) is 4.06. The molecule has 2 N–H and O–H groups in total. The van der Waals surface area contributed by atoms with Gasteiger partial charge in [0.2, 0.25) is 11.8 Å². The molecule has 2 aromatic carbocycles. The number of methoxy groups -OCH3 is 1. The van der Waals surface area contributed by atoms with E-state index in [-0.39, 0.29) is 24.3 Å². The Kier molecular flexibility index (Phi) is 5.88. The highest BCUT2D eigenvalue weighted by molar-refractivity contribution is 5.97. The predicted octanol–water partition coefficient (Wildman–Crippen LogP) is 3.31. The van der Waals surface area contributed by atoms with Crippen LogP contribution in [0.15, 0.2) is 55.1 Å². The number of hydrogen-bond acceptors (Lipinski definition) is 4. The number of fused-ring (bicyclic) bond motifs is 1. The molecule has 140 valence electrons. The lowest BCUT2D eigenvalue weighted by atomic mass is 9.84. The summed E-state index contributed by atoms with van der Waals surface area (Å²) in [5.74, 6) is 0.410. The average molecular weight is 366 g/mol. The summed E-state index contributed by atoms with van der Waals surface area (Å²) in [7, 11) is 1.46. The average Bonchev–Trinajstić information content (AvgIpc) is 2.66. The van der Waals surface area contributed by atoms with Crippen LogP contribution >= 0.6 is 0 Å². The maximum absolute atomic E-state index is 12.2. The molecule has 0 unspecified atom stereocenters. The van der Waals surface area contributed by atoms with Gasteiger partial charge in [-0.05, 0) is 35.4 Å². The highest BCUT2D eigenvalue weighted by atomic mass is 16.5. The molecule has 6 heteroatoms. The Morgan fingerprint density at radius 2 is 2.07 bits per heavy atom. The zero-order chi connectivity index (χ0) is 19.2. The SMILES string of the molecule is C=CCOc1ccc([C@H]2CC(=O)Nc3cc(NC(=O)COC)ccc32)cc1. The zero-order valence-electron chi connectivity index (χ0n) is 15.2. The fourth-order valence-corrected chi connectivity index (χ4v) is 3.12. The van der Waals surface area contributed by atoms with Gasteiger partial charge in [0, 0.05) is 30.8 Å². The molecule has 0 radical (unpaired) electrons. The lowest BCUT2D eigenvalue weighted by Gasteiger charge is -2.26. The van der Waals surface area contributed by atoms with Crippen molar-refractivity contribution < 1.29 is 19.1 Å². The Labute approximate surface area is 158 Å². The molecule has 2 aromatic rings. The molecule has 0 bridgehead atoms. The highest BCUT2D eigenvalue weighted by Gasteiger charge is 2.26. The van der Waals surface area contributed by atoms with Gasteiger partial charge in [-0.15, -0.1) is 0 Å². The van der Waals surface area contributed by atoms with E-state index in [0.717, 1.165) is 16.9 Å². The maximum Gasteiger partial charge on any atom is 0.250 e. The van der Waals surface area contributed by atoms with Gasteiger partial charge in [-0.3, -0.25) is 9.59 Å². The minimum atomic E-state index is -0.244. The molecule has 27 heavy (non-hydrogen) atoms. The molecule has 0 aliphatic carbocycles. The highest BCUT2D eigenvalue weighted by Crippen LogP contribution is 2.38. The topological polar surface area (TPSA) is 76.7 Å². The van der Waals surface area contributed by atoms with E-state index in [2.05, 4.69) is 17.2 Å². The third-order valence-electron chi connectivity index (χ3n) is 4.30. The van der Waals surface area contributed by atoms with E-state index < -0.39 is 0 Å².